The number of anilines is 1. The van der Waals surface area contributed by atoms with Gasteiger partial charge in [0.1, 0.15) is 4.88 Å². The minimum absolute atomic E-state index is 0.152. The molecule has 6 nitrogen and oxygen atoms in total. The van der Waals surface area contributed by atoms with E-state index in [1.807, 2.05) is 6.92 Å². The summed E-state index contributed by atoms with van der Waals surface area (Å²) in [6.45, 7) is 4.03. The summed E-state index contributed by atoms with van der Waals surface area (Å²) in [5.41, 5.74) is 2.03. The van der Waals surface area contributed by atoms with Crippen LogP contribution in [0.1, 0.15) is 56.3 Å². The molecule has 1 amide bonds. The minimum atomic E-state index is -0.158. The van der Waals surface area contributed by atoms with Gasteiger partial charge in [-0.25, -0.2) is 9.97 Å². The Labute approximate surface area is 162 Å². The first kappa shape index (κ1) is 19.0. The topological polar surface area (TPSA) is 76.9 Å². The van der Waals surface area contributed by atoms with E-state index in [2.05, 4.69) is 22.2 Å². The number of benzene rings is 1. The van der Waals surface area contributed by atoms with Crippen LogP contribution in [0.5, 0.6) is 0 Å². The maximum Gasteiger partial charge on any atom is 0.267 e. The number of hydrogen-bond acceptors (Lipinski definition) is 5. The number of nitrogens with one attached hydrogen (secondary N) is 1. The SMILES string of the molecule is CCCCc1nc(C)sc1C(=O)Nc1ccc(C(=O)c2nccn2C)cc1. The van der Waals surface area contributed by atoms with Crippen LogP contribution >= 0.6 is 11.3 Å². The highest BCUT2D eigenvalue weighted by molar-refractivity contribution is 7.13. The lowest BCUT2D eigenvalue weighted by molar-refractivity contribution is 0.102. The van der Waals surface area contributed by atoms with Crippen LogP contribution in [0.2, 0.25) is 0 Å². The fraction of sp³-hybridized carbons (Fsp3) is 0.300. The highest BCUT2D eigenvalue weighted by Gasteiger charge is 2.17. The molecular weight excluding hydrogens is 360 g/mol. The van der Waals surface area contributed by atoms with Crippen molar-refractivity contribution in [3.8, 4) is 0 Å². The largest absolute Gasteiger partial charge is 0.331 e. The van der Waals surface area contributed by atoms with Crippen molar-refractivity contribution >= 4 is 28.7 Å². The van der Waals surface area contributed by atoms with Gasteiger partial charge in [0.05, 0.1) is 10.7 Å². The Hall–Kier alpha value is -2.80. The number of aryl methyl sites for hydroxylation is 3. The lowest BCUT2D eigenvalue weighted by Crippen LogP contribution is -2.13. The van der Waals surface area contributed by atoms with Gasteiger partial charge in [0.15, 0.2) is 5.82 Å². The molecule has 27 heavy (non-hydrogen) atoms. The summed E-state index contributed by atoms with van der Waals surface area (Å²) in [5.74, 6) is 0.0719. The van der Waals surface area contributed by atoms with Gasteiger partial charge in [-0.1, -0.05) is 13.3 Å². The number of unbranched alkanes of at least 4 members (excludes halogenated alkanes) is 1. The third-order valence-corrected chi connectivity index (χ3v) is 5.22. The number of thiazole rings is 1. The molecule has 0 spiro atoms. The summed E-state index contributed by atoms with van der Waals surface area (Å²) in [6.07, 6.45) is 6.20. The van der Waals surface area contributed by atoms with Gasteiger partial charge in [0.2, 0.25) is 5.78 Å². The molecule has 1 N–H and O–H groups in total. The molecule has 7 heteroatoms. The maximum absolute atomic E-state index is 12.6. The molecule has 2 heterocycles. The number of hydrogen-bond donors (Lipinski definition) is 1. The van der Waals surface area contributed by atoms with Gasteiger partial charge in [0, 0.05) is 30.7 Å². The number of amides is 1. The van der Waals surface area contributed by atoms with E-state index in [9.17, 15) is 9.59 Å². The van der Waals surface area contributed by atoms with Crippen LogP contribution in [0.15, 0.2) is 36.7 Å². The molecule has 0 unspecified atom stereocenters. The van der Waals surface area contributed by atoms with Crippen molar-refractivity contribution in [2.75, 3.05) is 5.32 Å². The quantitative estimate of drug-likeness (QED) is 0.626. The molecule has 0 atom stereocenters. The Kier molecular flexibility index (Phi) is 5.81. The lowest BCUT2D eigenvalue weighted by Gasteiger charge is -2.07. The van der Waals surface area contributed by atoms with Crippen LogP contribution < -0.4 is 5.32 Å². The van der Waals surface area contributed by atoms with Gasteiger partial charge in [-0.05, 0) is 44.0 Å². The van der Waals surface area contributed by atoms with Crippen LogP contribution in [0.3, 0.4) is 0 Å². The van der Waals surface area contributed by atoms with Crippen molar-refractivity contribution in [3.05, 3.63) is 63.6 Å². The highest BCUT2D eigenvalue weighted by atomic mass is 32.1. The standard InChI is InChI=1S/C20H22N4O2S/c1-4-5-6-16-18(27-13(2)22-16)20(26)23-15-9-7-14(8-10-15)17(25)19-21-11-12-24(19)3/h7-12H,4-6H2,1-3H3,(H,23,26). The summed E-state index contributed by atoms with van der Waals surface area (Å²) >= 11 is 1.41. The smallest absolute Gasteiger partial charge is 0.267 e. The zero-order valence-electron chi connectivity index (χ0n) is 15.7. The summed E-state index contributed by atoms with van der Waals surface area (Å²) in [7, 11) is 1.78. The molecule has 3 rings (SSSR count). The Morgan fingerprint density at radius 3 is 2.59 bits per heavy atom. The Balaban J connectivity index is 1.72. The van der Waals surface area contributed by atoms with E-state index in [0.717, 1.165) is 30.0 Å². The molecule has 0 radical (unpaired) electrons. The highest BCUT2D eigenvalue weighted by Crippen LogP contribution is 2.22. The first-order valence-electron chi connectivity index (χ1n) is 8.89. The Bertz CT molecular complexity index is 957. The zero-order valence-corrected chi connectivity index (χ0v) is 16.5. The van der Waals surface area contributed by atoms with Crippen LogP contribution in [0, 0.1) is 6.92 Å². The number of rotatable bonds is 7. The molecule has 1 aromatic carbocycles. The van der Waals surface area contributed by atoms with E-state index in [1.54, 1.807) is 48.3 Å². The fourth-order valence-corrected chi connectivity index (χ4v) is 3.63. The van der Waals surface area contributed by atoms with Crippen molar-refractivity contribution in [1.82, 2.24) is 14.5 Å². The van der Waals surface area contributed by atoms with E-state index in [0.29, 0.717) is 22.0 Å². The number of carbonyl (C=O) groups excluding carboxylic acids is 2. The molecule has 0 aliphatic rings. The lowest BCUT2D eigenvalue weighted by atomic mass is 10.1. The monoisotopic (exact) mass is 382 g/mol. The average Bonchev–Trinajstić information content (AvgIpc) is 3.25. The number of ketones is 1. The molecule has 0 aliphatic carbocycles. The maximum atomic E-state index is 12.6. The predicted octanol–water partition coefficient (Wildman–Crippen LogP) is 4.01. The third kappa shape index (κ3) is 4.31. The number of aromatic nitrogens is 3. The van der Waals surface area contributed by atoms with Crippen molar-refractivity contribution in [2.45, 2.75) is 33.1 Å². The normalized spacial score (nSPS) is 10.8. The fourth-order valence-electron chi connectivity index (χ4n) is 2.77. The first-order valence-corrected chi connectivity index (χ1v) is 9.71. The minimum Gasteiger partial charge on any atom is -0.331 e. The Morgan fingerprint density at radius 1 is 1.22 bits per heavy atom. The van der Waals surface area contributed by atoms with Gasteiger partial charge in [-0.3, -0.25) is 9.59 Å². The number of nitrogens with zero attached hydrogens (tertiary/aromatic N) is 3. The van der Waals surface area contributed by atoms with Crippen molar-refractivity contribution in [3.63, 3.8) is 0 Å². The third-order valence-electron chi connectivity index (χ3n) is 4.21. The van der Waals surface area contributed by atoms with Gasteiger partial charge < -0.3 is 9.88 Å². The summed E-state index contributed by atoms with van der Waals surface area (Å²) in [4.78, 5) is 34.3. The second kappa shape index (κ2) is 8.26. The number of imidazole rings is 1. The molecule has 0 aliphatic heterocycles. The van der Waals surface area contributed by atoms with E-state index in [1.165, 1.54) is 11.3 Å². The van der Waals surface area contributed by atoms with Crippen LogP contribution in [0.25, 0.3) is 0 Å². The van der Waals surface area contributed by atoms with E-state index in [4.69, 9.17) is 0 Å². The van der Waals surface area contributed by atoms with Gasteiger partial charge in [-0.2, -0.15) is 0 Å². The van der Waals surface area contributed by atoms with Gasteiger partial charge in [-0.15, -0.1) is 11.3 Å². The summed E-state index contributed by atoms with van der Waals surface area (Å²) in [5, 5.41) is 3.79. The summed E-state index contributed by atoms with van der Waals surface area (Å²) in [6, 6.07) is 6.85. The van der Waals surface area contributed by atoms with Crippen LogP contribution in [0.4, 0.5) is 5.69 Å². The van der Waals surface area contributed by atoms with E-state index in [-0.39, 0.29) is 11.7 Å². The van der Waals surface area contributed by atoms with Crippen molar-refractivity contribution in [1.29, 1.82) is 0 Å². The van der Waals surface area contributed by atoms with Gasteiger partial charge in [0.25, 0.3) is 5.91 Å². The van der Waals surface area contributed by atoms with Gasteiger partial charge >= 0.3 is 0 Å². The number of carbonyl (C=O) groups is 2. The van der Waals surface area contributed by atoms with E-state index < -0.39 is 0 Å². The predicted molar refractivity (Wildman–Crippen MR) is 106 cm³/mol. The van der Waals surface area contributed by atoms with E-state index >= 15 is 0 Å². The average molecular weight is 382 g/mol. The second-order valence-electron chi connectivity index (χ2n) is 6.33. The van der Waals surface area contributed by atoms with Crippen molar-refractivity contribution in [2.24, 2.45) is 7.05 Å². The molecule has 3 aromatic rings. The summed E-state index contributed by atoms with van der Waals surface area (Å²) < 4.78 is 1.68. The first-order chi connectivity index (χ1) is 13.0. The molecular formula is C20H22N4O2S. The second-order valence-corrected chi connectivity index (χ2v) is 7.54. The molecule has 2 aromatic heterocycles. The molecule has 0 bridgehead atoms. The molecule has 0 fully saturated rings. The molecule has 0 saturated heterocycles. The molecule has 0 saturated carbocycles. The van der Waals surface area contributed by atoms with Crippen LogP contribution in [-0.2, 0) is 13.5 Å². The molecule has 140 valence electrons. The van der Waals surface area contributed by atoms with Crippen molar-refractivity contribution < 1.29 is 9.59 Å². The zero-order chi connectivity index (χ0) is 19.4. The Morgan fingerprint density at radius 2 is 1.96 bits per heavy atom. The van der Waals surface area contributed by atoms with Crippen LogP contribution in [-0.4, -0.2) is 26.2 Å².